The van der Waals surface area contributed by atoms with Gasteiger partial charge < -0.3 is 4.42 Å². The van der Waals surface area contributed by atoms with Gasteiger partial charge in [-0.05, 0) is 87.0 Å². The van der Waals surface area contributed by atoms with E-state index in [4.69, 9.17) is 19.4 Å². The molecule has 10 aromatic rings. The molecule has 0 N–H and O–H groups in total. The van der Waals surface area contributed by atoms with Crippen LogP contribution in [0.1, 0.15) is 5.56 Å². The van der Waals surface area contributed by atoms with E-state index in [9.17, 15) is 5.26 Å². The summed E-state index contributed by atoms with van der Waals surface area (Å²) in [7, 11) is 0. The average molecular weight is 729 g/mol. The second-order valence-electron chi connectivity index (χ2n) is 14.0. The smallest absolute Gasteiger partial charge is 0.164 e. The van der Waals surface area contributed by atoms with Crippen LogP contribution in [-0.2, 0) is 0 Å². The standard InChI is InChI=1S/C52H32N4O/c53-33-34-20-22-36(23-21-34)37-24-26-39(27-25-37)50-54-51(43-17-8-16-42(31-43)41-15-7-14-40(30-41)35-10-3-1-4-11-35)56-52(55-50)44-28-29-46-48(32-44)57-47-19-9-18-45(49(46)47)38-12-5-2-6-13-38/h1-32H. The van der Waals surface area contributed by atoms with Crippen LogP contribution in [0, 0.1) is 11.3 Å². The summed E-state index contributed by atoms with van der Waals surface area (Å²) in [5.41, 5.74) is 13.6. The van der Waals surface area contributed by atoms with E-state index < -0.39 is 0 Å². The summed E-state index contributed by atoms with van der Waals surface area (Å²) in [5.74, 6) is 1.69. The third-order valence-electron chi connectivity index (χ3n) is 10.4. The molecule has 0 amide bonds. The Morgan fingerprint density at radius 1 is 0.351 bits per heavy atom. The molecule has 0 aliphatic rings. The first-order valence-corrected chi connectivity index (χ1v) is 18.8. The predicted octanol–water partition coefficient (Wildman–Crippen LogP) is 13.3. The van der Waals surface area contributed by atoms with Crippen molar-refractivity contribution >= 4 is 21.9 Å². The molecule has 5 nitrogen and oxygen atoms in total. The Bertz CT molecular complexity index is 3110. The van der Waals surface area contributed by atoms with E-state index >= 15 is 0 Å². The van der Waals surface area contributed by atoms with Gasteiger partial charge >= 0.3 is 0 Å². The Balaban J connectivity index is 1.09. The molecule has 0 aliphatic carbocycles. The molecule has 0 bridgehead atoms. The van der Waals surface area contributed by atoms with E-state index in [0.29, 0.717) is 23.0 Å². The molecular weight excluding hydrogens is 697 g/mol. The van der Waals surface area contributed by atoms with Crippen molar-refractivity contribution in [3.8, 4) is 84.7 Å². The van der Waals surface area contributed by atoms with Crippen LogP contribution in [0.15, 0.2) is 199 Å². The van der Waals surface area contributed by atoms with Gasteiger partial charge in [-0.3, -0.25) is 0 Å². The van der Waals surface area contributed by atoms with Gasteiger partial charge in [0.05, 0.1) is 11.6 Å². The molecule has 10 rings (SSSR count). The van der Waals surface area contributed by atoms with E-state index in [-0.39, 0.29) is 0 Å². The Morgan fingerprint density at radius 3 is 1.46 bits per heavy atom. The maximum absolute atomic E-state index is 9.26. The fraction of sp³-hybridized carbons (Fsp3) is 0. The van der Waals surface area contributed by atoms with Crippen molar-refractivity contribution in [1.82, 2.24) is 15.0 Å². The molecule has 2 heterocycles. The van der Waals surface area contributed by atoms with Crippen molar-refractivity contribution in [3.63, 3.8) is 0 Å². The SMILES string of the molecule is N#Cc1ccc(-c2ccc(-c3nc(-c4cccc(-c5cccc(-c6ccccc6)c5)c4)nc(-c4ccc5c(c4)oc4cccc(-c6ccccc6)c45)n3)cc2)cc1. The third kappa shape index (κ3) is 6.52. The number of hydrogen-bond donors (Lipinski definition) is 0. The molecule has 2 aromatic heterocycles. The molecule has 266 valence electrons. The minimum Gasteiger partial charge on any atom is -0.456 e. The van der Waals surface area contributed by atoms with E-state index in [1.165, 1.54) is 5.56 Å². The molecule has 0 saturated carbocycles. The summed E-state index contributed by atoms with van der Waals surface area (Å²) in [5, 5.41) is 11.4. The van der Waals surface area contributed by atoms with E-state index in [0.717, 1.165) is 77.6 Å². The van der Waals surface area contributed by atoms with Crippen LogP contribution in [0.3, 0.4) is 0 Å². The van der Waals surface area contributed by atoms with E-state index in [2.05, 4.69) is 133 Å². The number of rotatable bonds is 7. The van der Waals surface area contributed by atoms with Gasteiger partial charge in [0.1, 0.15) is 11.2 Å². The van der Waals surface area contributed by atoms with Gasteiger partial charge in [0.2, 0.25) is 0 Å². The molecule has 0 fully saturated rings. The fourth-order valence-corrected chi connectivity index (χ4v) is 7.48. The molecular formula is C52H32N4O. The largest absolute Gasteiger partial charge is 0.456 e. The first kappa shape index (κ1) is 33.6. The maximum atomic E-state index is 9.26. The van der Waals surface area contributed by atoms with Crippen molar-refractivity contribution in [1.29, 1.82) is 5.26 Å². The zero-order valence-electron chi connectivity index (χ0n) is 30.7. The number of nitriles is 1. The van der Waals surface area contributed by atoms with Crippen molar-refractivity contribution in [2.75, 3.05) is 0 Å². The predicted molar refractivity (Wildman–Crippen MR) is 230 cm³/mol. The highest BCUT2D eigenvalue weighted by Crippen LogP contribution is 2.38. The zero-order chi connectivity index (χ0) is 38.1. The quantitative estimate of drug-likeness (QED) is 0.163. The minimum atomic E-state index is 0.549. The van der Waals surface area contributed by atoms with Crippen LogP contribution in [0.25, 0.3) is 101 Å². The van der Waals surface area contributed by atoms with Gasteiger partial charge in [0.15, 0.2) is 17.5 Å². The average Bonchev–Trinajstić information content (AvgIpc) is 3.68. The van der Waals surface area contributed by atoms with Gasteiger partial charge in [0, 0.05) is 27.5 Å². The van der Waals surface area contributed by atoms with Gasteiger partial charge in [-0.15, -0.1) is 0 Å². The monoisotopic (exact) mass is 728 g/mol. The zero-order valence-corrected chi connectivity index (χ0v) is 30.7. The molecule has 0 radical (unpaired) electrons. The third-order valence-corrected chi connectivity index (χ3v) is 10.4. The van der Waals surface area contributed by atoms with E-state index in [1.807, 2.05) is 66.7 Å². The van der Waals surface area contributed by atoms with Crippen LogP contribution in [0.4, 0.5) is 0 Å². The number of benzene rings is 8. The van der Waals surface area contributed by atoms with Gasteiger partial charge in [0.25, 0.3) is 0 Å². The topological polar surface area (TPSA) is 75.6 Å². The lowest BCUT2D eigenvalue weighted by Crippen LogP contribution is -2.00. The fourth-order valence-electron chi connectivity index (χ4n) is 7.48. The summed E-state index contributed by atoms with van der Waals surface area (Å²) in [6, 6.07) is 68.2. The molecule has 0 aliphatic heterocycles. The summed E-state index contributed by atoms with van der Waals surface area (Å²) in [4.78, 5) is 15.3. The van der Waals surface area contributed by atoms with Crippen LogP contribution >= 0.6 is 0 Å². The number of fused-ring (bicyclic) bond motifs is 3. The summed E-state index contributed by atoms with van der Waals surface area (Å²) < 4.78 is 6.49. The lowest BCUT2D eigenvalue weighted by Gasteiger charge is -2.11. The van der Waals surface area contributed by atoms with Crippen molar-refractivity contribution in [3.05, 3.63) is 200 Å². The summed E-state index contributed by atoms with van der Waals surface area (Å²) in [6.45, 7) is 0. The highest BCUT2D eigenvalue weighted by molar-refractivity contribution is 6.13. The first-order valence-electron chi connectivity index (χ1n) is 18.8. The summed E-state index contributed by atoms with van der Waals surface area (Å²) in [6.07, 6.45) is 0. The maximum Gasteiger partial charge on any atom is 0.164 e. The number of aromatic nitrogens is 3. The van der Waals surface area contributed by atoms with Crippen molar-refractivity contribution in [2.24, 2.45) is 0 Å². The van der Waals surface area contributed by atoms with Crippen molar-refractivity contribution in [2.45, 2.75) is 0 Å². The van der Waals surface area contributed by atoms with E-state index in [1.54, 1.807) is 0 Å². The molecule has 0 unspecified atom stereocenters. The Hall–Kier alpha value is -7.94. The first-order chi connectivity index (χ1) is 28.2. The normalized spacial score (nSPS) is 11.1. The highest BCUT2D eigenvalue weighted by Gasteiger charge is 2.17. The minimum absolute atomic E-state index is 0.549. The number of furan rings is 1. The summed E-state index contributed by atoms with van der Waals surface area (Å²) >= 11 is 0. The molecule has 0 saturated heterocycles. The molecule has 5 heteroatoms. The van der Waals surface area contributed by atoms with Crippen molar-refractivity contribution < 1.29 is 4.42 Å². The highest BCUT2D eigenvalue weighted by atomic mass is 16.3. The number of hydrogen-bond acceptors (Lipinski definition) is 5. The number of nitrogens with zero attached hydrogens (tertiary/aromatic N) is 4. The Kier molecular flexibility index (Phi) is 8.48. The second kappa shape index (κ2) is 14.4. The van der Waals surface area contributed by atoms with Gasteiger partial charge in [-0.2, -0.15) is 5.26 Å². The Morgan fingerprint density at radius 2 is 0.807 bits per heavy atom. The molecule has 57 heavy (non-hydrogen) atoms. The molecule has 8 aromatic carbocycles. The molecule has 0 atom stereocenters. The van der Waals surface area contributed by atoms with Crippen LogP contribution < -0.4 is 0 Å². The van der Waals surface area contributed by atoms with Crippen LogP contribution in [0.5, 0.6) is 0 Å². The lowest BCUT2D eigenvalue weighted by molar-refractivity contribution is 0.669. The Labute approximate surface area is 329 Å². The van der Waals surface area contributed by atoms with Gasteiger partial charge in [-0.1, -0.05) is 152 Å². The van der Waals surface area contributed by atoms with Crippen LogP contribution in [0.2, 0.25) is 0 Å². The molecule has 0 spiro atoms. The van der Waals surface area contributed by atoms with Crippen LogP contribution in [-0.4, -0.2) is 15.0 Å². The lowest BCUT2D eigenvalue weighted by atomic mass is 9.98. The second-order valence-corrected chi connectivity index (χ2v) is 14.0. The van der Waals surface area contributed by atoms with Gasteiger partial charge in [-0.25, -0.2) is 15.0 Å².